The van der Waals surface area contributed by atoms with Crippen LogP contribution in [0.4, 0.5) is 16.2 Å². The second-order valence-corrected chi connectivity index (χ2v) is 4.45. The van der Waals surface area contributed by atoms with Gasteiger partial charge in [-0.3, -0.25) is 4.79 Å². The summed E-state index contributed by atoms with van der Waals surface area (Å²) in [5.41, 5.74) is 6.10. The van der Waals surface area contributed by atoms with E-state index in [1.165, 1.54) is 13.2 Å². The molecule has 1 aromatic carbocycles. The van der Waals surface area contributed by atoms with E-state index in [0.29, 0.717) is 11.3 Å². The molecule has 7 nitrogen and oxygen atoms in total. The van der Waals surface area contributed by atoms with Gasteiger partial charge in [0.05, 0.1) is 23.4 Å². The molecular weight excluding hydrogens is 296 g/mol. The quantitative estimate of drug-likeness (QED) is 0.696. The van der Waals surface area contributed by atoms with E-state index < -0.39 is 6.03 Å². The zero-order valence-corrected chi connectivity index (χ0v) is 11.8. The van der Waals surface area contributed by atoms with Gasteiger partial charge in [0.15, 0.2) is 5.75 Å². The summed E-state index contributed by atoms with van der Waals surface area (Å²) < 4.78 is 5.20. The molecule has 0 saturated carbocycles. The highest BCUT2D eigenvalue weighted by Gasteiger charge is 2.17. The molecular formula is C13H13ClN4O3. The second-order valence-electron chi connectivity index (χ2n) is 4.05. The molecule has 5 N–H and O–H groups in total. The van der Waals surface area contributed by atoms with Gasteiger partial charge in [0, 0.05) is 12.4 Å². The molecule has 0 aliphatic heterocycles. The molecule has 0 aliphatic carbocycles. The van der Waals surface area contributed by atoms with E-state index in [2.05, 4.69) is 15.6 Å². The fraction of sp³-hybridized carbons (Fsp3) is 0.0769. The van der Waals surface area contributed by atoms with Crippen LogP contribution in [-0.2, 0) is 0 Å². The molecule has 0 spiro atoms. The number of methoxy groups -OCH3 is 1. The Morgan fingerprint density at radius 1 is 1.29 bits per heavy atom. The molecule has 0 saturated heterocycles. The highest BCUT2D eigenvalue weighted by atomic mass is 35.5. The minimum atomic E-state index is -0.788. The number of carbonyl (C=O) groups excluding carboxylic acids is 2. The monoisotopic (exact) mass is 308 g/mol. The van der Waals surface area contributed by atoms with Gasteiger partial charge in [0.2, 0.25) is 0 Å². The summed E-state index contributed by atoms with van der Waals surface area (Å²) in [4.78, 5) is 25.8. The first-order valence-corrected chi connectivity index (χ1v) is 6.27. The van der Waals surface area contributed by atoms with E-state index in [4.69, 9.17) is 22.1 Å². The van der Waals surface area contributed by atoms with Crippen LogP contribution in [0.15, 0.2) is 30.6 Å². The lowest BCUT2D eigenvalue weighted by molar-refractivity contribution is 0.102. The van der Waals surface area contributed by atoms with Crippen molar-refractivity contribution in [1.29, 1.82) is 0 Å². The average Bonchev–Trinajstić information content (AvgIpc) is 2.96. The van der Waals surface area contributed by atoms with Crippen LogP contribution in [-0.4, -0.2) is 24.0 Å². The third-order valence-electron chi connectivity index (χ3n) is 2.67. The molecule has 110 valence electrons. The first-order chi connectivity index (χ1) is 10.0. The van der Waals surface area contributed by atoms with Crippen molar-refractivity contribution < 1.29 is 14.3 Å². The van der Waals surface area contributed by atoms with Crippen LogP contribution in [0, 0.1) is 0 Å². The van der Waals surface area contributed by atoms with Gasteiger partial charge >= 0.3 is 6.03 Å². The molecule has 0 atom stereocenters. The smallest absolute Gasteiger partial charge is 0.316 e. The maximum absolute atomic E-state index is 12.0. The highest BCUT2D eigenvalue weighted by molar-refractivity contribution is 6.34. The topological polar surface area (TPSA) is 109 Å². The largest absolute Gasteiger partial charge is 0.492 e. The van der Waals surface area contributed by atoms with Crippen LogP contribution < -0.4 is 21.1 Å². The Morgan fingerprint density at radius 2 is 2.05 bits per heavy atom. The van der Waals surface area contributed by atoms with E-state index >= 15 is 0 Å². The summed E-state index contributed by atoms with van der Waals surface area (Å²) in [6.45, 7) is 0. The van der Waals surface area contributed by atoms with Gasteiger partial charge in [-0.2, -0.15) is 0 Å². The lowest BCUT2D eigenvalue weighted by Gasteiger charge is -2.15. The summed E-state index contributed by atoms with van der Waals surface area (Å²) in [7, 11) is 1.39. The van der Waals surface area contributed by atoms with Crippen LogP contribution in [0.1, 0.15) is 10.4 Å². The van der Waals surface area contributed by atoms with E-state index in [-0.39, 0.29) is 22.4 Å². The number of ether oxygens (including phenoxy) is 1. The Hall–Kier alpha value is -2.67. The molecule has 0 fully saturated rings. The number of nitrogens with two attached hydrogens (primary N) is 1. The first-order valence-electron chi connectivity index (χ1n) is 5.90. The Bertz CT molecular complexity index is 670. The number of amides is 3. The molecule has 2 rings (SSSR count). The molecule has 1 heterocycles. The summed E-state index contributed by atoms with van der Waals surface area (Å²) in [5.74, 6) is -0.118. The van der Waals surface area contributed by atoms with Crippen molar-refractivity contribution in [2.45, 2.75) is 0 Å². The number of rotatable bonds is 4. The van der Waals surface area contributed by atoms with E-state index in [0.717, 1.165) is 0 Å². The van der Waals surface area contributed by atoms with Gasteiger partial charge in [-0.15, -0.1) is 0 Å². The van der Waals surface area contributed by atoms with Gasteiger partial charge < -0.3 is 26.1 Å². The lowest BCUT2D eigenvalue weighted by atomic mass is 10.2. The number of carbonyl (C=O) groups is 2. The van der Waals surface area contributed by atoms with E-state index in [9.17, 15) is 9.59 Å². The molecule has 1 aromatic heterocycles. The summed E-state index contributed by atoms with van der Waals surface area (Å²) in [6, 6.07) is 3.92. The summed E-state index contributed by atoms with van der Waals surface area (Å²) in [5, 5.41) is 5.28. The van der Waals surface area contributed by atoms with Gasteiger partial charge in [-0.05, 0) is 18.2 Å². The number of H-pyrrole nitrogens is 1. The van der Waals surface area contributed by atoms with Crippen molar-refractivity contribution in [1.82, 2.24) is 4.98 Å². The van der Waals surface area contributed by atoms with Crippen molar-refractivity contribution in [3.05, 3.63) is 41.2 Å². The normalized spacial score (nSPS) is 10.0. The standard InChI is InChI=1S/C13H13ClN4O3/c1-21-11-9(17-12(19)7-4-5-16-6-7)3-2-8(14)10(11)18-13(15)20/h2-6,16H,1H3,(H,17,19)(H3,15,18,20). The predicted octanol–water partition coefficient (Wildman–Crippen LogP) is 2.42. The van der Waals surface area contributed by atoms with Crippen molar-refractivity contribution in [3.63, 3.8) is 0 Å². The summed E-state index contributed by atoms with van der Waals surface area (Å²) in [6.07, 6.45) is 3.19. The molecule has 2 aromatic rings. The maximum atomic E-state index is 12.0. The minimum Gasteiger partial charge on any atom is -0.492 e. The Labute approximate surface area is 125 Å². The van der Waals surface area contributed by atoms with Crippen molar-refractivity contribution >= 4 is 34.9 Å². The number of hydrogen-bond donors (Lipinski definition) is 4. The lowest BCUT2D eigenvalue weighted by Crippen LogP contribution is -2.20. The third-order valence-corrected chi connectivity index (χ3v) is 2.98. The Kier molecular flexibility index (Phi) is 4.34. The maximum Gasteiger partial charge on any atom is 0.316 e. The number of nitrogens with one attached hydrogen (secondary N) is 3. The van der Waals surface area contributed by atoms with Crippen LogP contribution in [0.25, 0.3) is 0 Å². The fourth-order valence-electron chi connectivity index (χ4n) is 1.77. The number of primary amides is 1. The molecule has 0 radical (unpaired) electrons. The van der Waals surface area contributed by atoms with E-state index in [1.54, 1.807) is 24.5 Å². The third kappa shape index (κ3) is 3.26. The van der Waals surface area contributed by atoms with E-state index in [1.807, 2.05) is 0 Å². The van der Waals surface area contributed by atoms with Crippen molar-refractivity contribution in [2.75, 3.05) is 17.7 Å². The Balaban J connectivity index is 2.35. The average molecular weight is 309 g/mol. The second kappa shape index (κ2) is 6.19. The first kappa shape index (κ1) is 14.7. The van der Waals surface area contributed by atoms with Crippen LogP contribution in [0.2, 0.25) is 5.02 Å². The molecule has 0 unspecified atom stereocenters. The molecule has 21 heavy (non-hydrogen) atoms. The molecule has 0 bridgehead atoms. The zero-order chi connectivity index (χ0) is 15.4. The number of aromatic amines is 1. The minimum absolute atomic E-state index is 0.193. The predicted molar refractivity (Wildman–Crippen MR) is 80.0 cm³/mol. The van der Waals surface area contributed by atoms with Crippen LogP contribution in [0.5, 0.6) is 5.75 Å². The number of halogens is 1. The molecule has 8 heteroatoms. The number of urea groups is 1. The van der Waals surface area contributed by atoms with Gasteiger partial charge in [0.1, 0.15) is 5.69 Å². The number of benzene rings is 1. The fourth-order valence-corrected chi connectivity index (χ4v) is 1.96. The van der Waals surface area contributed by atoms with Gasteiger partial charge in [0.25, 0.3) is 5.91 Å². The number of aromatic nitrogens is 1. The zero-order valence-electron chi connectivity index (χ0n) is 11.1. The van der Waals surface area contributed by atoms with Gasteiger partial charge in [-0.1, -0.05) is 11.6 Å². The van der Waals surface area contributed by atoms with Gasteiger partial charge in [-0.25, -0.2) is 4.79 Å². The van der Waals surface area contributed by atoms with Crippen molar-refractivity contribution in [2.24, 2.45) is 5.73 Å². The Morgan fingerprint density at radius 3 is 2.62 bits per heavy atom. The molecule has 0 aliphatic rings. The number of hydrogen-bond acceptors (Lipinski definition) is 3. The van der Waals surface area contributed by atoms with Crippen LogP contribution in [0.3, 0.4) is 0 Å². The van der Waals surface area contributed by atoms with Crippen molar-refractivity contribution in [3.8, 4) is 5.75 Å². The highest BCUT2D eigenvalue weighted by Crippen LogP contribution is 2.39. The summed E-state index contributed by atoms with van der Waals surface area (Å²) >= 11 is 5.99. The van der Waals surface area contributed by atoms with Crippen LogP contribution >= 0.6 is 11.6 Å². The molecule has 3 amide bonds. The number of anilines is 2. The SMILES string of the molecule is COc1c(NC(=O)c2cc[nH]c2)ccc(Cl)c1NC(N)=O.